The molecule has 0 heterocycles. The van der Waals surface area contributed by atoms with E-state index in [0.717, 1.165) is 51.4 Å². The monoisotopic (exact) mass is 502 g/mol. The molecular formula is C30H50N2O4. The molecule has 2 amide bonds. The molecule has 1 atom stereocenters. The van der Waals surface area contributed by atoms with E-state index in [2.05, 4.69) is 41.2 Å². The SMILES string of the molecule is CCCCCCCCCCCCC#CC#CCCCCCCCCC(=O)N[C@@H](C)C(=O)NCC(=O)O. The molecule has 0 unspecified atom stereocenters. The van der Waals surface area contributed by atoms with Crippen molar-refractivity contribution in [3.63, 3.8) is 0 Å². The first-order valence-electron chi connectivity index (χ1n) is 14.2. The van der Waals surface area contributed by atoms with Crippen molar-refractivity contribution in [3.05, 3.63) is 0 Å². The summed E-state index contributed by atoms with van der Waals surface area (Å²) in [5.41, 5.74) is 0. The van der Waals surface area contributed by atoms with Crippen molar-refractivity contribution in [1.29, 1.82) is 0 Å². The lowest BCUT2D eigenvalue weighted by Gasteiger charge is -2.13. The third-order valence-electron chi connectivity index (χ3n) is 6.03. The lowest BCUT2D eigenvalue weighted by molar-refractivity contribution is -0.138. The molecule has 0 rings (SSSR count). The summed E-state index contributed by atoms with van der Waals surface area (Å²) in [5, 5.41) is 13.4. The van der Waals surface area contributed by atoms with Gasteiger partial charge in [0.2, 0.25) is 11.8 Å². The van der Waals surface area contributed by atoms with Gasteiger partial charge in [-0.05, 0) is 38.0 Å². The van der Waals surface area contributed by atoms with E-state index >= 15 is 0 Å². The maximum atomic E-state index is 11.9. The molecule has 6 nitrogen and oxygen atoms in total. The van der Waals surface area contributed by atoms with Gasteiger partial charge in [-0.1, -0.05) is 102 Å². The van der Waals surface area contributed by atoms with Gasteiger partial charge in [-0.2, -0.15) is 0 Å². The molecular weight excluding hydrogens is 452 g/mol. The van der Waals surface area contributed by atoms with Crippen LogP contribution in [0, 0.1) is 23.7 Å². The molecule has 0 aromatic heterocycles. The fourth-order valence-electron chi connectivity index (χ4n) is 3.82. The first-order chi connectivity index (χ1) is 17.5. The van der Waals surface area contributed by atoms with Crippen molar-refractivity contribution >= 4 is 17.8 Å². The number of carbonyl (C=O) groups is 3. The van der Waals surface area contributed by atoms with Gasteiger partial charge >= 0.3 is 5.97 Å². The zero-order valence-corrected chi connectivity index (χ0v) is 22.9. The van der Waals surface area contributed by atoms with E-state index in [9.17, 15) is 14.4 Å². The number of unbranched alkanes of at least 4 members (excludes halogenated alkanes) is 16. The highest BCUT2D eigenvalue weighted by Crippen LogP contribution is 2.11. The number of nitrogens with one attached hydrogen (secondary N) is 2. The Morgan fingerprint density at radius 1 is 0.694 bits per heavy atom. The van der Waals surface area contributed by atoms with Crippen molar-refractivity contribution in [2.75, 3.05) is 6.54 Å². The Labute approximate surface area is 220 Å². The van der Waals surface area contributed by atoms with Crippen LogP contribution in [0.3, 0.4) is 0 Å². The molecule has 204 valence electrons. The van der Waals surface area contributed by atoms with Crippen LogP contribution in [0.25, 0.3) is 0 Å². The van der Waals surface area contributed by atoms with Crippen molar-refractivity contribution in [2.24, 2.45) is 0 Å². The van der Waals surface area contributed by atoms with Gasteiger partial charge in [0.15, 0.2) is 0 Å². The Balaban J connectivity index is 3.48. The van der Waals surface area contributed by atoms with E-state index in [1.54, 1.807) is 6.92 Å². The molecule has 36 heavy (non-hydrogen) atoms. The fourth-order valence-corrected chi connectivity index (χ4v) is 3.82. The predicted octanol–water partition coefficient (Wildman–Crippen LogP) is 6.13. The van der Waals surface area contributed by atoms with Crippen molar-refractivity contribution in [2.45, 2.75) is 142 Å². The van der Waals surface area contributed by atoms with Gasteiger partial charge in [-0.3, -0.25) is 14.4 Å². The number of rotatable bonds is 22. The molecule has 6 heteroatoms. The normalized spacial score (nSPS) is 10.9. The van der Waals surface area contributed by atoms with Crippen LogP contribution in [-0.4, -0.2) is 35.5 Å². The number of hydrogen-bond donors (Lipinski definition) is 3. The van der Waals surface area contributed by atoms with Gasteiger partial charge in [0, 0.05) is 19.3 Å². The van der Waals surface area contributed by atoms with E-state index in [1.807, 2.05) is 0 Å². The highest BCUT2D eigenvalue weighted by atomic mass is 16.4. The van der Waals surface area contributed by atoms with E-state index in [0.29, 0.717) is 6.42 Å². The summed E-state index contributed by atoms with van der Waals surface area (Å²) in [6.07, 6.45) is 21.9. The zero-order chi connectivity index (χ0) is 26.7. The number of hydrogen-bond acceptors (Lipinski definition) is 3. The Morgan fingerprint density at radius 3 is 1.61 bits per heavy atom. The summed E-state index contributed by atoms with van der Waals surface area (Å²) in [5.74, 6) is 10.5. The molecule has 3 N–H and O–H groups in total. The number of aliphatic carboxylic acids is 1. The largest absolute Gasteiger partial charge is 0.480 e. The molecule has 0 radical (unpaired) electrons. The summed E-state index contributed by atoms with van der Waals surface area (Å²) < 4.78 is 0. The smallest absolute Gasteiger partial charge is 0.322 e. The fraction of sp³-hybridized carbons (Fsp3) is 0.767. The second kappa shape index (κ2) is 25.6. The minimum absolute atomic E-state index is 0.183. The number of amides is 2. The lowest BCUT2D eigenvalue weighted by atomic mass is 10.1. The summed E-state index contributed by atoms with van der Waals surface area (Å²) >= 11 is 0. The Bertz CT molecular complexity index is 712. The first-order valence-corrected chi connectivity index (χ1v) is 14.2. The zero-order valence-electron chi connectivity index (χ0n) is 22.9. The molecule has 0 bridgehead atoms. The van der Waals surface area contributed by atoms with Gasteiger partial charge in [0.25, 0.3) is 0 Å². The van der Waals surface area contributed by atoms with E-state index in [1.165, 1.54) is 64.2 Å². The highest BCUT2D eigenvalue weighted by molar-refractivity contribution is 5.89. The standard InChI is InChI=1S/C30H50N2O4/c1-3-4-5-6-7-8-9-10-11-12-13-14-15-16-17-18-19-20-21-22-23-24-25-28(33)32-27(2)30(36)31-26-29(34)35/h27H,3-13,18-26H2,1-2H3,(H,31,36)(H,32,33)(H,34,35)/t27-/m0/s1. The molecule has 0 aliphatic carbocycles. The van der Waals surface area contributed by atoms with Gasteiger partial charge in [-0.15, -0.1) is 0 Å². The van der Waals surface area contributed by atoms with Gasteiger partial charge in [-0.25, -0.2) is 0 Å². The Hall–Kier alpha value is -2.47. The summed E-state index contributed by atoms with van der Waals surface area (Å²) in [4.78, 5) is 34.0. The molecule has 0 saturated carbocycles. The van der Waals surface area contributed by atoms with Crippen LogP contribution >= 0.6 is 0 Å². The second-order valence-corrected chi connectivity index (χ2v) is 9.56. The van der Waals surface area contributed by atoms with Crippen LogP contribution in [0.15, 0.2) is 0 Å². The van der Waals surface area contributed by atoms with Crippen LogP contribution in [0.4, 0.5) is 0 Å². The average molecular weight is 503 g/mol. The number of carboxylic acid groups (broad SMARTS) is 1. The third-order valence-corrected chi connectivity index (χ3v) is 6.03. The molecule has 0 aliphatic rings. The first kappa shape index (κ1) is 33.5. The van der Waals surface area contributed by atoms with E-state index < -0.39 is 24.5 Å². The van der Waals surface area contributed by atoms with Crippen LogP contribution in [0.5, 0.6) is 0 Å². The molecule has 0 spiro atoms. The quantitative estimate of drug-likeness (QED) is 0.123. The topological polar surface area (TPSA) is 95.5 Å². The summed E-state index contributed by atoms with van der Waals surface area (Å²) in [6.45, 7) is 3.36. The van der Waals surface area contributed by atoms with E-state index in [4.69, 9.17) is 5.11 Å². The Morgan fingerprint density at radius 2 is 1.14 bits per heavy atom. The number of carbonyl (C=O) groups excluding carboxylic acids is 2. The third kappa shape index (κ3) is 24.6. The molecule has 0 aliphatic heterocycles. The predicted molar refractivity (Wildman–Crippen MR) is 147 cm³/mol. The van der Waals surface area contributed by atoms with E-state index in [-0.39, 0.29) is 5.91 Å². The maximum absolute atomic E-state index is 11.9. The minimum Gasteiger partial charge on any atom is -0.480 e. The Kier molecular flexibility index (Phi) is 23.9. The number of carboxylic acids is 1. The molecule has 0 aromatic rings. The summed E-state index contributed by atoms with van der Waals surface area (Å²) in [7, 11) is 0. The van der Waals surface area contributed by atoms with Crippen LogP contribution in [-0.2, 0) is 14.4 Å². The van der Waals surface area contributed by atoms with Gasteiger partial charge in [0.1, 0.15) is 12.6 Å². The minimum atomic E-state index is -1.11. The molecule has 0 aromatic carbocycles. The van der Waals surface area contributed by atoms with Gasteiger partial charge in [0.05, 0.1) is 0 Å². The van der Waals surface area contributed by atoms with Crippen molar-refractivity contribution in [1.82, 2.24) is 10.6 Å². The average Bonchev–Trinajstić information content (AvgIpc) is 2.85. The van der Waals surface area contributed by atoms with Crippen LogP contribution in [0.1, 0.15) is 136 Å². The van der Waals surface area contributed by atoms with Crippen LogP contribution in [0.2, 0.25) is 0 Å². The highest BCUT2D eigenvalue weighted by Gasteiger charge is 2.15. The second-order valence-electron chi connectivity index (χ2n) is 9.56. The van der Waals surface area contributed by atoms with Gasteiger partial charge < -0.3 is 15.7 Å². The van der Waals surface area contributed by atoms with Crippen molar-refractivity contribution < 1.29 is 19.5 Å². The summed E-state index contributed by atoms with van der Waals surface area (Å²) in [6, 6.07) is -0.734. The maximum Gasteiger partial charge on any atom is 0.322 e. The van der Waals surface area contributed by atoms with Crippen LogP contribution < -0.4 is 10.6 Å². The lowest BCUT2D eigenvalue weighted by Crippen LogP contribution is -2.46. The molecule has 0 saturated heterocycles. The molecule has 0 fully saturated rings. The van der Waals surface area contributed by atoms with Crippen molar-refractivity contribution in [3.8, 4) is 23.7 Å².